The molecule has 0 amide bonds. The summed E-state index contributed by atoms with van der Waals surface area (Å²) >= 11 is 0. The Bertz CT molecular complexity index is 531. The summed E-state index contributed by atoms with van der Waals surface area (Å²) < 4.78 is 16.2. The Morgan fingerprint density at radius 2 is 1.67 bits per heavy atom. The molecule has 0 heterocycles. The van der Waals surface area contributed by atoms with Crippen LogP contribution >= 0.6 is 0 Å². The summed E-state index contributed by atoms with van der Waals surface area (Å²) in [5.41, 5.74) is 1.52. The second-order valence-electron chi connectivity index (χ2n) is 6.00. The van der Waals surface area contributed by atoms with Crippen molar-refractivity contribution < 1.29 is 19.0 Å². The molecule has 1 aromatic carbocycles. The van der Waals surface area contributed by atoms with Gasteiger partial charge in [-0.1, -0.05) is 6.42 Å². The molecule has 114 valence electrons. The maximum absolute atomic E-state index is 12.2. The van der Waals surface area contributed by atoms with Crippen LogP contribution in [0.15, 0.2) is 12.1 Å². The molecular weight excluding hydrogens is 268 g/mol. The smallest absolute Gasteiger partial charge is 0.316 e. The molecule has 2 fully saturated rings. The van der Waals surface area contributed by atoms with E-state index in [-0.39, 0.29) is 5.97 Å². The first-order chi connectivity index (χ1) is 10.2. The van der Waals surface area contributed by atoms with Crippen molar-refractivity contribution in [2.24, 2.45) is 0 Å². The van der Waals surface area contributed by atoms with Crippen LogP contribution in [0.4, 0.5) is 0 Å². The molecule has 21 heavy (non-hydrogen) atoms. The van der Waals surface area contributed by atoms with Gasteiger partial charge < -0.3 is 14.2 Å². The molecule has 2 saturated carbocycles. The Labute approximate surface area is 125 Å². The highest BCUT2D eigenvalue weighted by Gasteiger charge is 2.56. The van der Waals surface area contributed by atoms with Crippen molar-refractivity contribution in [3.8, 4) is 11.5 Å². The van der Waals surface area contributed by atoms with E-state index in [0.29, 0.717) is 5.92 Å². The van der Waals surface area contributed by atoms with E-state index >= 15 is 0 Å². The molecule has 0 aliphatic heterocycles. The van der Waals surface area contributed by atoms with Gasteiger partial charge in [-0.2, -0.15) is 0 Å². The molecule has 0 aromatic heterocycles. The largest absolute Gasteiger partial charge is 0.496 e. The van der Waals surface area contributed by atoms with Gasteiger partial charge in [0.05, 0.1) is 26.9 Å². The van der Waals surface area contributed by atoms with Gasteiger partial charge in [0.1, 0.15) is 16.9 Å². The van der Waals surface area contributed by atoms with Crippen LogP contribution < -0.4 is 9.47 Å². The SMILES string of the molecule is COC(=O)C1(c2c(OC)cc(C3CCC3)cc2OC)CC1. The van der Waals surface area contributed by atoms with E-state index in [9.17, 15) is 4.79 Å². The van der Waals surface area contributed by atoms with Gasteiger partial charge >= 0.3 is 5.97 Å². The molecule has 0 atom stereocenters. The molecule has 4 heteroatoms. The maximum Gasteiger partial charge on any atom is 0.316 e. The van der Waals surface area contributed by atoms with Crippen LogP contribution in [-0.4, -0.2) is 27.3 Å². The van der Waals surface area contributed by atoms with Crippen LogP contribution in [-0.2, 0) is 14.9 Å². The van der Waals surface area contributed by atoms with E-state index in [1.165, 1.54) is 31.9 Å². The van der Waals surface area contributed by atoms with Crippen LogP contribution in [0.3, 0.4) is 0 Å². The summed E-state index contributed by atoms with van der Waals surface area (Å²) in [5.74, 6) is 1.89. The second-order valence-corrected chi connectivity index (χ2v) is 6.00. The van der Waals surface area contributed by atoms with Gasteiger partial charge in [-0.15, -0.1) is 0 Å². The number of rotatable bonds is 5. The third-order valence-electron chi connectivity index (χ3n) is 4.91. The van der Waals surface area contributed by atoms with Gasteiger partial charge in [0.2, 0.25) is 0 Å². The molecule has 3 rings (SSSR count). The Hall–Kier alpha value is -1.71. The van der Waals surface area contributed by atoms with Crippen molar-refractivity contribution in [2.75, 3.05) is 21.3 Å². The van der Waals surface area contributed by atoms with E-state index in [1.807, 2.05) is 0 Å². The Kier molecular flexibility index (Phi) is 3.56. The summed E-state index contributed by atoms with van der Waals surface area (Å²) in [6.45, 7) is 0. The van der Waals surface area contributed by atoms with Crippen molar-refractivity contribution in [3.05, 3.63) is 23.3 Å². The molecule has 0 radical (unpaired) electrons. The quantitative estimate of drug-likeness (QED) is 0.781. The first-order valence-electron chi connectivity index (χ1n) is 7.51. The second kappa shape index (κ2) is 5.24. The molecule has 0 unspecified atom stereocenters. The Morgan fingerprint density at radius 1 is 1.10 bits per heavy atom. The topological polar surface area (TPSA) is 44.8 Å². The van der Waals surface area contributed by atoms with Gasteiger partial charge in [0.25, 0.3) is 0 Å². The predicted molar refractivity (Wildman–Crippen MR) is 79.1 cm³/mol. The molecule has 1 aromatic rings. The minimum Gasteiger partial charge on any atom is -0.496 e. The van der Waals surface area contributed by atoms with E-state index in [0.717, 1.165) is 29.9 Å². The van der Waals surface area contributed by atoms with Crippen LogP contribution in [0, 0.1) is 0 Å². The van der Waals surface area contributed by atoms with Crippen molar-refractivity contribution >= 4 is 5.97 Å². The number of esters is 1. The molecule has 4 nitrogen and oxygen atoms in total. The molecule has 2 aliphatic carbocycles. The molecule has 0 spiro atoms. The van der Waals surface area contributed by atoms with Gasteiger partial charge in [0.15, 0.2) is 0 Å². The monoisotopic (exact) mass is 290 g/mol. The number of methoxy groups -OCH3 is 3. The standard InChI is InChI=1S/C17H22O4/c1-19-13-9-12(11-5-4-6-11)10-14(20-2)15(13)17(7-8-17)16(18)21-3/h9-11H,4-8H2,1-3H3. The molecule has 0 N–H and O–H groups in total. The fourth-order valence-electron chi connectivity index (χ4n) is 3.26. The zero-order chi connectivity index (χ0) is 15.0. The highest BCUT2D eigenvalue weighted by molar-refractivity contribution is 5.89. The number of carbonyl (C=O) groups is 1. The minimum atomic E-state index is -0.580. The number of benzene rings is 1. The van der Waals surface area contributed by atoms with E-state index in [1.54, 1.807) is 14.2 Å². The van der Waals surface area contributed by atoms with Crippen LogP contribution in [0.2, 0.25) is 0 Å². The average Bonchev–Trinajstić information content (AvgIpc) is 3.24. The maximum atomic E-state index is 12.2. The summed E-state index contributed by atoms with van der Waals surface area (Å²) in [6, 6.07) is 4.15. The van der Waals surface area contributed by atoms with Crippen molar-refractivity contribution in [2.45, 2.75) is 43.4 Å². The lowest BCUT2D eigenvalue weighted by molar-refractivity contribution is -0.143. The van der Waals surface area contributed by atoms with Crippen LogP contribution in [0.5, 0.6) is 11.5 Å². The molecule has 2 aliphatic rings. The Morgan fingerprint density at radius 3 is 2.00 bits per heavy atom. The zero-order valence-electron chi connectivity index (χ0n) is 12.9. The van der Waals surface area contributed by atoms with Gasteiger partial charge in [-0.05, 0) is 49.3 Å². The first kappa shape index (κ1) is 14.2. The van der Waals surface area contributed by atoms with Gasteiger partial charge in [-0.3, -0.25) is 4.79 Å². The van der Waals surface area contributed by atoms with Crippen molar-refractivity contribution in [1.29, 1.82) is 0 Å². The number of hydrogen-bond donors (Lipinski definition) is 0. The van der Waals surface area contributed by atoms with Crippen molar-refractivity contribution in [1.82, 2.24) is 0 Å². The lowest BCUT2D eigenvalue weighted by Gasteiger charge is -2.28. The number of carbonyl (C=O) groups excluding carboxylic acids is 1. The van der Waals surface area contributed by atoms with Crippen LogP contribution in [0.25, 0.3) is 0 Å². The number of ether oxygens (including phenoxy) is 3. The molecule has 0 bridgehead atoms. The first-order valence-corrected chi connectivity index (χ1v) is 7.51. The predicted octanol–water partition coefficient (Wildman–Crippen LogP) is 3.18. The highest BCUT2D eigenvalue weighted by Crippen LogP contribution is 2.56. The minimum absolute atomic E-state index is 0.199. The number of hydrogen-bond acceptors (Lipinski definition) is 4. The fraction of sp³-hybridized carbons (Fsp3) is 0.588. The lowest BCUT2D eigenvalue weighted by Crippen LogP contribution is -2.24. The summed E-state index contributed by atoms with van der Waals surface area (Å²) in [5, 5.41) is 0. The normalized spacial score (nSPS) is 19.6. The molecular formula is C17H22O4. The van der Waals surface area contributed by atoms with Crippen molar-refractivity contribution in [3.63, 3.8) is 0 Å². The Balaban J connectivity index is 2.08. The van der Waals surface area contributed by atoms with E-state index < -0.39 is 5.41 Å². The lowest BCUT2D eigenvalue weighted by atomic mass is 9.79. The van der Waals surface area contributed by atoms with Gasteiger partial charge in [0, 0.05) is 0 Å². The summed E-state index contributed by atoms with van der Waals surface area (Å²) in [7, 11) is 4.73. The van der Waals surface area contributed by atoms with Gasteiger partial charge in [-0.25, -0.2) is 0 Å². The third-order valence-corrected chi connectivity index (χ3v) is 4.91. The zero-order valence-corrected chi connectivity index (χ0v) is 12.9. The highest BCUT2D eigenvalue weighted by atomic mass is 16.5. The summed E-state index contributed by atoms with van der Waals surface area (Å²) in [4.78, 5) is 12.2. The average molecular weight is 290 g/mol. The fourth-order valence-corrected chi connectivity index (χ4v) is 3.26. The van der Waals surface area contributed by atoms with E-state index in [2.05, 4.69) is 12.1 Å². The van der Waals surface area contributed by atoms with Crippen LogP contribution in [0.1, 0.15) is 49.1 Å². The van der Waals surface area contributed by atoms with E-state index in [4.69, 9.17) is 14.2 Å². The summed E-state index contributed by atoms with van der Waals surface area (Å²) in [6.07, 6.45) is 5.29. The third kappa shape index (κ3) is 2.17. The molecule has 0 saturated heterocycles.